The van der Waals surface area contributed by atoms with Gasteiger partial charge in [-0.15, -0.1) is 0 Å². The predicted octanol–water partition coefficient (Wildman–Crippen LogP) is 2.40. The molecule has 0 bridgehead atoms. The Balaban J connectivity index is 1.73. The van der Waals surface area contributed by atoms with Crippen molar-refractivity contribution in [3.8, 4) is 0 Å². The van der Waals surface area contributed by atoms with E-state index < -0.39 is 39.7 Å². The summed E-state index contributed by atoms with van der Waals surface area (Å²) in [5.74, 6) is -2.32. The zero-order valence-electron chi connectivity index (χ0n) is 20.7. The summed E-state index contributed by atoms with van der Waals surface area (Å²) in [6.07, 6.45) is 1.60. The number of oxazole rings is 1. The number of aryl methyl sites for hydroxylation is 1. The Bertz CT molecular complexity index is 1310. The Morgan fingerprint density at radius 3 is 2.46 bits per heavy atom. The van der Waals surface area contributed by atoms with Crippen molar-refractivity contribution in [3.63, 3.8) is 0 Å². The molecule has 3 N–H and O–H groups in total. The number of carbonyl (C=O) groups is 1. The molecular weight excluding hydrogens is 506 g/mol. The number of nitrogens with one attached hydrogen (secondary N) is 2. The van der Waals surface area contributed by atoms with E-state index in [2.05, 4.69) is 22.5 Å². The number of halogens is 2. The number of carbonyl (C=O) groups excluding carboxylic acids is 1. The summed E-state index contributed by atoms with van der Waals surface area (Å²) in [4.78, 5) is 16.7. The Morgan fingerprint density at radius 2 is 1.81 bits per heavy atom. The first-order valence-electron chi connectivity index (χ1n) is 11.6. The highest BCUT2D eigenvalue weighted by atomic mass is 32.2. The average Bonchev–Trinajstić information content (AvgIpc) is 3.32. The van der Waals surface area contributed by atoms with E-state index >= 15 is 0 Å². The number of aliphatic hydroxyl groups is 1. The highest BCUT2D eigenvalue weighted by Crippen LogP contribution is 2.16. The zero-order valence-corrected chi connectivity index (χ0v) is 21.6. The number of nitrogens with zero attached hydrogens (tertiary/aromatic N) is 2. The molecule has 0 aliphatic carbocycles. The fraction of sp³-hybridized carbons (Fsp3) is 0.360. The molecule has 3 rings (SSSR count). The average molecular weight is 537 g/mol. The molecule has 0 aliphatic heterocycles. The van der Waals surface area contributed by atoms with Crippen molar-refractivity contribution in [1.82, 2.24) is 15.6 Å². The Morgan fingerprint density at radius 1 is 1.14 bits per heavy atom. The minimum atomic E-state index is -3.67. The van der Waals surface area contributed by atoms with Crippen LogP contribution in [-0.2, 0) is 29.4 Å². The standard InChI is InChI=1S/C25H30F2N4O5S/c1-4-16-6-5-7-17(8-16)13-28-14-23(32)21(11-18-9-19(26)12-20(27)10-18)29-24(33)22-15-36-25(30-22)31(2)37(3,34)35/h5-10,12,15,21,23,28,32H,4,11,13-14H2,1-3H3,(H,29,33). The lowest BCUT2D eigenvalue weighted by Crippen LogP contribution is -2.48. The number of hydrogen-bond donors (Lipinski definition) is 3. The third kappa shape index (κ3) is 8.07. The maximum Gasteiger partial charge on any atom is 0.311 e. The van der Waals surface area contributed by atoms with Crippen LogP contribution in [0.3, 0.4) is 0 Å². The van der Waals surface area contributed by atoms with Crippen molar-refractivity contribution in [2.45, 2.75) is 38.5 Å². The smallest absolute Gasteiger partial charge is 0.311 e. The fourth-order valence-electron chi connectivity index (χ4n) is 3.63. The molecule has 0 saturated carbocycles. The SMILES string of the molecule is CCc1cccc(CNCC(O)C(Cc2cc(F)cc(F)c2)NC(=O)c2coc(N(C)S(C)(=O)=O)n2)c1. The predicted molar refractivity (Wildman–Crippen MR) is 135 cm³/mol. The summed E-state index contributed by atoms with van der Waals surface area (Å²) in [5, 5.41) is 16.6. The molecule has 0 fully saturated rings. The van der Waals surface area contributed by atoms with Crippen molar-refractivity contribution < 1.29 is 31.5 Å². The number of benzene rings is 2. The lowest BCUT2D eigenvalue weighted by atomic mass is 10.00. The van der Waals surface area contributed by atoms with Crippen LogP contribution in [0.4, 0.5) is 14.8 Å². The summed E-state index contributed by atoms with van der Waals surface area (Å²) in [7, 11) is -2.45. The molecule has 1 amide bonds. The van der Waals surface area contributed by atoms with Crippen LogP contribution in [0.1, 0.15) is 34.1 Å². The van der Waals surface area contributed by atoms with Crippen LogP contribution < -0.4 is 14.9 Å². The molecule has 0 aliphatic rings. The van der Waals surface area contributed by atoms with Gasteiger partial charge in [0.1, 0.15) is 17.9 Å². The molecule has 12 heteroatoms. The van der Waals surface area contributed by atoms with Gasteiger partial charge in [0.2, 0.25) is 10.0 Å². The van der Waals surface area contributed by atoms with Gasteiger partial charge < -0.3 is 20.2 Å². The first-order valence-corrected chi connectivity index (χ1v) is 13.4. The van der Waals surface area contributed by atoms with E-state index in [0.29, 0.717) is 6.54 Å². The number of sulfonamides is 1. The third-order valence-electron chi connectivity index (χ3n) is 5.73. The number of rotatable bonds is 12. The lowest BCUT2D eigenvalue weighted by molar-refractivity contribution is 0.0825. The number of anilines is 1. The molecule has 9 nitrogen and oxygen atoms in total. The van der Waals surface area contributed by atoms with Crippen LogP contribution in [-0.4, -0.2) is 56.4 Å². The van der Waals surface area contributed by atoms with Crippen LogP contribution in [0.2, 0.25) is 0 Å². The van der Waals surface area contributed by atoms with E-state index in [0.717, 1.165) is 47.0 Å². The highest BCUT2D eigenvalue weighted by Gasteiger charge is 2.26. The Hall–Kier alpha value is -3.35. The topological polar surface area (TPSA) is 125 Å². The second-order valence-electron chi connectivity index (χ2n) is 8.68. The molecule has 2 unspecified atom stereocenters. The molecule has 0 radical (unpaired) electrons. The first kappa shape index (κ1) is 28.2. The molecule has 0 saturated heterocycles. The van der Waals surface area contributed by atoms with Gasteiger partial charge in [0.05, 0.1) is 18.4 Å². The molecule has 1 heterocycles. The van der Waals surface area contributed by atoms with Crippen molar-refractivity contribution in [2.75, 3.05) is 24.2 Å². The van der Waals surface area contributed by atoms with Crippen LogP contribution in [0.5, 0.6) is 0 Å². The Labute approximate surface area is 214 Å². The molecule has 1 aromatic heterocycles. The third-order valence-corrected chi connectivity index (χ3v) is 6.88. The van der Waals surface area contributed by atoms with Gasteiger partial charge in [-0.3, -0.25) is 4.79 Å². The number of aromatic nitrogens is 1. The quantitative estimate of drug-likeness (QED) is 0.325. The summed E-state index contributed by atoms with van der Waals surface area (Å²) >= 11 is 0. The van der Waals surface area contributed by atoms with Crippen molar-refractivity contribution in [3.05, 3.63) is 82.7 Å². The van der Waals surface area contributed by atoms with Crippen molar-refractivity contribution >= 4 is 21.9 Å². The van der Waals surface area contributed by atoms with E-state index in [1.807, 2.05) is 24.3 Å². The van der Waals surface area contributed by atoms with E-state index in [4.69, 9.17) is 4.42 Å². The maximum atomic E-state index is 13.8. The van der Waals surface area contributed by atoms with Crippen LogP contribution in [0, 0.1) is 11.6 Å². The lowest BCUT2D eigenvalue weighted by Gasteiger charge is -2.24. The van der Waals surface area contributed by atoms with Gasteiger partial charge in [0.25, 0.3) is 5.91 Å². The fourth-order valence-corrected chi connectivity index (χ4v) is 4.00. The van der Waals surface area contributed by atoms with E-state index in [1.54, 1.807) is 0 Å². The summed E-state index contributed by atoms with van der Waals surface area (Å²) in [6, 6.07) is 9.65. The second kappa shape index (κ2) is 12.3. The molecular formula is C25H30F2N4O5S. The van der Waals surface area contributed by atoms with Gasteiger partial charge in [-0.05, 0) is 41.7 Å². The summed E-state index contributed by atoms with van der Waals surface area (Å²) in [6.45, 7) is 2.58. The number of amides is 1. The summed E-state index contributed by atoms with van der Waals surface area (Å²) < 4.78 is 56.8. The van der Waals surface area contributed by atoms with Crippen molar-refractivity contribution in [1.29, 1.82) is 0 Å². The molecule has 2 aromatic carbocycles. The summed E-state index contributed by atoms with van der Waals surface area (Å²) in [5.41, 5.74) is 2.20. The van der Waals surface area contributed by atoms with E-state index in [-0.39, 0.29) is 30.2 Å². The van der Waals surface area contributed by atoms with Gasteiger partial charge in [-0.2, -0.15) is 4.98 Å². The van der Waals surface area contributed by atoms with Gasteiger partial charge in [0.15, 0.2) is 5.69 Å². The van der Waals surface area contributed by atoms with Crippen LogP contribution in [0.15, 0.2) is 53.1 Å². The maximum absolute atomic E-state index is 13.8. The van der Waals surface area contributed by atoms with Crippen LogP contribution >= 0.6 is 0 Å². The molecule has 2 atom stereocenters. The van der Waals surface area contributed by atoms with Gasteiger partial charge in [0, 0.05) is 26.2 Å². The minimum Gasteiger partial charge on any atom is -0.430 e. The molecule has 37 heavy (non-hydrogen) atoms. The monoisotopic (exact) mass is 536 g/mol. The second-order valence-corrected chi connectivity index (χ2v) is 10.7. The molecule has 0 spiro atoms. The van der Waals surface area contributed by atoms with Crippen LogP contribution in [0.25, 0.3) is 0 Å². The van der Waals surface area contributed by atoms with Crippen molar-refractivity contribution in [2.24, 2.45) is 0 Å². The Kier molecular flexibility index (Phi) is 9.35. The van der Waals surface area contributed by atoms with E-state index in [9.17, 15) is 27.1 Å². The number of hydrogen-bond acceptors (Lipinski definition) is 7. The molecule has 3 aromatic rings. The van der Waals surface area contributed by atoms with Gasteiger partial charge in [-0.1, -0.05) is 31.2 Å². The highest BCUT2D eigenvalue weighted by molar-refractivity contribution is 7.92. The normalized spacial score (nSPS) is 13.2. The molecule has 200 valence electrons. The first-order chi connectivity index (χ1) is 17.5. The number of aliphatic hydroxyl groups excluding tert-OH is 1. The minimum absolute atomic E-state index is 0.0694. The van der Waals surface area contributed by atoms with E-state index in [1.165, 1.54) is 12.6 Å². The van der Waals surface area contributed by atoms with Gasteiger partial charge >= 0.3 is 6.01 Å². The van der Waals surface area contributed by atoms with Gasteiger partial charge in [-0.25, -0.2) is 21.5 Å². The largest absolute Gasteiger partial charge is 0.430 e. The zero-order chi connectivity index (χ0) is 27.2.